The molecular formula is C15H21ClN2. The maximum Gasteiger partial charge on any atom is 0.0621 e. The van der Waals surface area contributed by atoms with Crippen molar-refractivity contribution in [3.8, 4) is 0 Å². The van der Waals surface area contributed by atoms with Crippen LogP contribution in [0, 0.1) is 11.8 Å². The van der Waals surface area contributed by atoms with Gasteiger partial charge in [-0.25, -0.2) is 0 Å². The molecule has 2 fully saturated rings. The van der Waals surface area contributed by atoms with Gasteiger partial charge >= 0.3 is 0 Å². The van der Waals surface area contributed by atoms with Crippen molar-refractivity contribution in [2.75, 3.05) is 6.54 Å². The number of aromatic nitrogens is 1. The number of pyridine rings is 1. The van der Waals surface area contributed by atoms with Crippen molar-refractivity contribution in [1.82, 2.24) is 10.3 Å². The average Bonchev–Trinajstić information content (AvgIpc) is 3.10. The van der Waals surface area contributed by atoms with E-state index in [0.717, 1.165) is 29.3 Å². The van der Waals surface area contributed by atoms with Gasteiger partial charge in [-0.2, -0.15) is 0 Å². The minimum absolute atomic E-state index is 0.802. The summed E-state index contributed by atoms with van der Waals surface area (Å²) in [6.45, 7) is 1.21. The van der Waals surface area contributed by atoms with Crippen LogP contribution in [0.3, 0.4) is 0 Å². The van der Waals surface area contributed by atoms with Gasteiger partial charge in [0.2, 0.25) is 0 Å². The largest absolute Gasteiger partial charge is 0.314 e. The third-order valence-electron chi connectivity index (χ3n) is 4.40. The summed E-state index contributed by atoms with van der Waals surface area (Å²) in [6, 6.07) is 2.90. The lowest BCUT2D eigenvalue weighted by Gasteiger charge is -2.20. The normalized spacial score (nSPS) is 27.6. The molecule has 0 radical (unpaired) electrons. The molecule has 0 amide bonds. The first kappa shape index (κ1) is 12.4. The molecule has 2 saturated carbocycles. The van der Waals surface area contributed by atoms with Gasteiger partial charge in [-0.15, -0.1) is 0 Å². The van der Waals surface area contributed by atoms with Crippen LogP contribution in [-0.2, 0) is 6.42 Å². The Morgan fingerprint density at radius 3 is 2.83 bits per heavy atom. The number of nitrogens with one attached hydrogen (secondary N) is 1. The number of hydrogen-bond donors (Lipinski definition) is 1. The zero-order valence-electron chi connectivity index (χ0n) is 10.7. The smallest absolute Gasteiger partial charge is 0.0621 e. The second-order valence-electron chi connectivity index (χ2n) is 5.80. The van der Waals surface area contributed by atoms with Gasteiger partial charge in [-0.3, -0.25) is 4.98 Å². The predicted molar refractivity (Wildman–Crippen MR) is 74.8 cm³/mol. The van der Waals surface area contributed by atoms with Crippen LogP contribution in [-0.4, -0.2) is 17.6 Å². The maximum absolute atomic E-state index is 6.21. The number of rotatable bonds is 5. The molecule has 2 aliphatic carbocycles. The lowest BCUT2D eigenvalue weighted by Crippen LogP contribution is -2.27. The molecule has 3 rings (SSSR count). The van der Waals surface area contributed by atoms with Crippen molar-refractivity contribution in [2.24, 2.45) is 11.8 Å². The summed E-state index contributed by atoms with van der Waals surface area (Å²) in [4.78, 5) is 4.06. The maximum atomic E-state index is 6.21. The fourth-order valence-electron chi connectivity index (χ4n) is 3.11. The summed E-state index contributed by atoms with van der Waals surface area (Å²) in [6.07, 6.45) is 11.6. The van der Waals surface area contributed by atoms with Crippen LogP contribution in [0.2, 0.25) is 5.02 Å². The van der Waals surface area contributed by atoms with E-state index < -0.39 is 0 Å². The minimum atomic E-state index is 0.802. The molecule has 18 heavy (non-hydrogen) atoms. The topological polar surface area (TPSA) is 24.9 Å². The predicted octanol–water partition coefficient (Wildman–Crippen LogP) is 3.45. The van der Waals surface area contributed by atoms with Crippen LogP contribution >= 0.6 is 11.6 Å². The van der Waals surface area contributed by atoms with Crippen molar-refractivity contribution < 1.29 is 0 Å². The van der Waals surface area contributed by atoms with Gasteiger partial charge in [-0.05, 0) is 62.1 Å². The molecule has 0 spiro atoms. The van der Waals surface area contributed by atoms with Gasteiger partial charge in [0.05, 0.1) is 5.02 Å². The van der Waals surface area contributed by atoms with Crippen molar-refractivity contribution in [2.45, 2.75) is 44.6 Å². The molecule has 2 atom stereocenters. The summed E-state index contributed by atoms with van der Waals surface area (Å²) in [5.41, 5.74) is 1.27. The molecule has 98 valence electrons. The highest BCUT2D eigenvalue weighted by Gasteiger charge is 2.29. The Bertz CT molecular complexity index is 403. The van der Waals surface area contributed by atoms with E-state index in [0.29, 0.717) is 0 Å². The number of hydrogen-bond acceptors (Lipinski definition) is 2. The second-order valence-corrected chi connectivity index (χ2v) is 6.21. The highest BCUT2D eigenvalue weighted by Crippen LogP contribution is 2.35. The highest BCUT2D eigenvalue weighted by atomic mass is 35.5. The first-order valence-corrected chi connectivity index (χ1v) is 7.52. The molecule has 2 nitrogen and oxygen atoms in total. The summed E-state index contributed by atoms with van der Waals surface area (Å²) in [7, 11) is 0. The van der Waals surface area contributed by atoms with E-state index >= 15 is 0 Å². The fourth-order valence-corrected chi connectivity index (χ4v) is 3.31. The van der Waals surface area contributed by atoms with Gasteiger partial charge in [0.25, 0.3) is 0 Å². The van der Waals surface area contributed by atoms with Crippen LogP contribution in [0.4, 0.5) is 0 Å². The van der Waals surface area contributed by atoms with Crippen molar-refractivity contribution >= 4 is 11.6 Å². The van der Waals surface area contributed by atoms with E-state index in [2.05, 4.69) is 16.4 Å². The highest BCUT2D eigenvalue weighted by molar-refractivity contribution is 6.31. The average molecular weight is 265 g/mol. The summed E-state index contributed by atoms with van der Waals surface area (Å²) in [5.74, 6) is 1.64. The Kier molecular flexibility index (Phi) is 3.86. The first-order valence-electron chi connectivity index (χ1n) is 7.14. The lowest BCUT2D eigenvalue weighted by molar-refractivity contribution is 0.364. The van der Waals surface area contributed by atoms with Gasteiger partial charge in [0.1, 0.15) is 0 Å². The fraction of sp³-hybridized carbons (Fsp3) is 0.667. The zero-order chi connectivity index (χ0) is 12.4. The minimum Gasteiger partial charge on any atom is -0.314 e. The molecule has 0 saturated heterocycles. The lowest BCUT2D eigenvalue weighted by atomic mass is 9.90. The van der Waals surface area contributed by atoms with Crippen LogP contribution < -0.4 is 5.32 Å². The monoisotopic (exact) mass is 264 g/mol. The van der Waals surface area contributed by atoms with Crippen molar-refractivity contribution in [1.29, 1.82) is 0 Å². The van der Waals surface area contributed by atoms with E-state index in [-0.39, 0.29) is 0 Å². The molecule has 1 aromatic heterocycles. The van der Waals surface area contributed by atoms with Crippen LogP contribution in [0.15, 0.2) is 18.5 Å². The van der Waals surface area contributed by atoms with E-state index in [9.17, 15) is 0 Å². The molecule has 2 aliphatic rings. The Morgan fingerprint density at radius 1 is 1.22 bits per heavy atom. The molecule has 0 aromatic carbocycles. The summed E-state index contributed by atoms with van der Waals surface area (Å²) in [5, 5.41) is 4.52. The quantitative estimate of drug-likeness (QED) is 0.881. The molecular weight excluding hydrogens is 244 g/mol. The molecule has 0 aliphatic heterocycles. The van der Waals surface area contributed by atoms with Crippen LogP contribution in [0.1, 0.15) is 37.7 Å². The van der Waals surface area contributed by atoms with Crippen LogP contribution in [0.5, 0.6) is 0 Å². The Morgan fingerprint density at radius 2 is 2.06 bits per heavy atom. The van der Waals surface area contributed by atoms with E-state index in [1.54, 1.807) is 6.20 Å². The molecule has 1 heterocycles. The van der Waals surface area contributed by atoms with E-state index in [4.69, 9.17) is 11.6 Å². The third kappa shape index (κ3) is 3.04. The number of nitrogens with zero attached hydrogens (tertiary/aromatic N) is 1. The Balaban J connectivity index is 1.58. The molecule has 2 unspecified atom stereocenters. The van der Waals surface area contributed by atoms with Crippen LogP contribution in [0.25, 0.3) is 0 Å². The van der Waals surface area contributed by atoms with E-state index in [1.807, 2.05) is 6.20 Å². The number of halogens is 1. The molecule has 1 N–H and O–H groups in total. The molecule has 1 aromatic rings. The van der Waals surface area contributed by atoms with E-state index in [1.165, 1.54) is 44.2 Å². The first-order chi connectivity index (χ1) is 8.83. The standard InChI is InChI=1S/C15H21ClN2/c16-15-10-17-7-6-12(15)8-11-2-1-3-13(11)9-18-14-4-5-14/h6-7,10-11,13-14,18H,1-5,8-9H2. The molecule has 0 bridgehead atoms. The third-order valence-corrected chi connectivity index (χ3v) is 4.74. The van der Waals surface area contributed by atoms with Gasteiger partial charge in [0.15, 0.2) is 0 Å². The molecule has 3 heteroatoms. The van der Waals surface area contributed by atoms with Gasteiger partial charge < -0.3 is 5.32 Å². The summed E-state index contributed by atoms with van der Waals surface area (Å²) < 4.78 is 0. The van der Waals surface area contributed by atoms with Gasteiger partial charge in [0, 0.05) is 18.4 Å². The van der Waals surface area contributed by atoms with Gasteiger partial charge in [-0.1, -0.05) is 18.0 Å². The Labute approximate surface area is 114 Å². The zero-order valence-corrected chi connectivity index (χ0v) is 11.5. The van der Waals surface area contributed by atoms with Crippen molar-refractivity contribution in [3.63, 3.8) is 0 Å². The van der Waals surface area contributed by atoms with Crippen molar-refractivity contribution in [3.05, 3.63) is 29.0 Å². The second kappa shape index (κ2) is 5.58. The Hall–Kier alpha value is -0.600. The SMILES string of the molecule is Clc1cnccc1CC1CCCC1CNC1CC1. The summed E-state index contributed by atoms with van der Waals surface area (Å²) >= 11 is 6.21.